The molecular weight excluding hydrogens is 373 g/mol. The molecule has 0 atom stereocenters. The first-order valence-corrected chi connectivity index (χ1v) is 9.92. The number of hydrogen-bond acceptors (Lipinski definition) is 4. The molecule has 1 fully saturated rings. The van der Waals surface area contributed by atoms with Gasteiger partial charge < -0.3 is 15.0 Å². The number of carbonyl (C=O) groups excluding carboxylic acids is 2. The molecule has 1 aromatic heterocycles. The minimum atomic E-state index is -0.390. The number of benzene rings is 1. The molecule has 0 saturated carbocycles. The summed E-state index contributed by atoms with van der Waals surface area (Å²) in [7, 11) is 0. The van der Waals surface area contributed by atoms with Crippen molar-refractivity contribution in [3.8, 4) is 5.75 Å². The fourth-order valence-electron chi connectivity index (χ4n) is 3.33. The highest BCUT2D eigenvalue weighted by molar-refractivity contribution is 5.78. The molecule has 0 aliphatic carbocycles. The largest absolute Gasteiger partial charge is 0.484 e. The number of rotatable bonds is 8. The second-order valence-corrected chi connectivity index (χ2v) is 7.23. The summed E-state index contributed by atoms with van der Waals surface area (Å²) in [6.45, 7) is 1.82. The van der Waals surface area contributed by atoms with E-state index in [1.165, 1.54) is 12.1 Å². The highest BCUT2D eigenvalue weighted by Gasteiger charge is 2.23. The lowest BCUT2D eigenvalue weighted by Crippen LogP contribution is -2.43. The van der Waals surface area contributed by atoms with E-state index in [4.69, 9.17) is 4.74 Å². The molecule has 0 unspecified atom stereocenters. The van der Waals surface area contributed by atoms with Crippen molar-refractivity contribution in [3.05, 3.63) is 60.2 Å². The molecule has 1 aliphatic rings. The van der Waals surface area contributed by atoms with Crippen molar-refractivity contribution in [1.82, 2.24) is 15.2 Å². The van der Waals surface area contributed by atoms with Gasteiger partial charge in [-0.15, -0.1) is 0 Å². The number of amides is 2. The number of ether oxygens (including phenoxy) is 1. The molecule has 1 saturated heterocycles. The van der Waals surface area contributed by atoms with Crippen LogP contribution in [0.15, 0.2) is 48.8 Å². The summed E-state index contributed by atoms with van der Waals surface area (Å²) >= 11 is 0. The standard InChI is InChI=1S/C22H26FN3O3/c23-19-2-1-3-20(14-19)29-16-22(28)26-12-8-18(9-13-26)15-25-21(27)5-4-17-6-10-24-11-7-17/h1-3,6-7,10-11,14,18H,4-5,8-9,12-13,15-16H2,(H,25,27). The third kappa shape index (κ3) is 6.85. The number of hydrogen-bond donors (Lipinski definition) is 1. The second kappa shape index (κ2) is 10.5. The van der Waals surface area contributed by atoms with Crippen molar-refractivity contribution in [2.75, 3.05) is 26.2 Å². The van der Waals surface area contributed by atoms with Crippen LogP contribution < -0.4 is 10.1 Å². The molecule has 2 amide bonds. The summed E-state index contributed by atoms with van der Waals surface area (Å²) in [5, 5.41) is 3.00. The monoisotopic (exact) mass is 399 g/mol. The van der Waals surface area contributed by atoms with E-state index in [0.717, 1.165) is 18.4 Å². The lowest BCUT2D eigenvalue weighted by molar-refractivity contribution is -0.135. The van der Waals surface area contributed by atoms with Crippen molar-refractivity contribution >= 4 is 11.8 Å². The van der Waals surface area contributed by atoms with E-state index in [9.17, 15) is 14.0 Å². The van der Waals surface area contributed by atoms with Gasteiger partial charge in [-0.1, -0.05) is 6.07 Å². The van der Waals surface area contributed by atoms with E-state index in [0.29, 0.717) is 44.1 Å². The van der Waals surface area contributed by atoms with Crippen LogP contribution in [-0.4, -0.2) is 47.9 Å². The third-order valence-corrected chi connectivity index (χ3v) is 5.10. The molecule has 154 valence electrons. The van der Waals surface area contributed by atoms with Gasteiger partial charge in [-0.3, -0.25) is 14.6 Å². The fourth-order valence-corrected chi connectivity index (χ4v) is 3.33. The van der Waals surface area contributed by atoms with Gasteiger partial charge in [0, 0.05) is 44.5 Å². The average molecular weight is 399 g/mol. The molecule has 2 aromatic rings. The minimum absolute atomic E-state index is 0.0452. The van der Waals surface area contributed by atoms with Crippen molar-refractivity contribution in [3.63, 3.8) is 0 Å². The number of nitrogens with zero attached hydrogens (tertiary/aromatic N) is 2. The molecule has 29 heavy (non-hydrogen) atoms. The highest BCUT2D eigenvalue weighted by atomic mass is 19.1. The number of aromatic nitrogens is 1. The lowest BCUT2D eigenvalue weighted by Gasteiger charge is -2.32. The highest BCUT2D eigenvalue weighted by Crippen LogP contribution is 2.17. The molecule has 1 aromatic carbocycles. The van der Waals surface area contributed by atoms with Gasteiger partial charge in [0.05, 0.1) is 0 Å². The molecule has 0 radical (unpaired) electrons. The SMILES string of the molecule is O=C(CCc1ccncc1)NCC1CCN(C(=O)COc2cccc(F)c2)CC1. The van der Waals surface area contributed by atoms with Crippen LogP contribution in [0.2, 0.25) is 0 Å². The first-order chi connectivity index (χ1) is 14.1. The first-order valence-electron chi connectivity index (χ1n) is 9.92. The Hall–Kier alpha value is -2.96. The average Bonchev–Trinajstić information content (AvgIpc) is 2.76. The van der Waals surface area contributed by atoms with Crippen LogP contribution in [0.25, 0.3) is 0 Å². The molecule has 1 N–H and O–H groups in total. The summed E-state index contributed by atoms with van der Waals surface area (Å²) in [5.74, 6) is 0.271. The molecule has 0 bridgehead atoms. The van der Waals surface area contributed by atoms with Crippen LogP contribution in [0.1, 0.15) is 24.8 Å². The predicted octanol–water partition coefficient (Wildman–Crippen LogP) is 2.59. The zero-order chi connectivity index (χ0) is 20.5. The van der Waals surface area contributed by atoms with Gasteiger partial charge in [-0.2, -0.15) is 0 Å². The van der Waals surface area contributed by atoms with Gasteiger partial charge in [0.2, 0.25) is 5.91 Å². The molecule has 1 aliphatic heterocycles. The van der Waals surface area contributed by atoms with E-state index in [2.05, 4.69) is 10.3 Å². The smallest absolute Gasteiger partial charge is 0.260 e. The Labute approximate surface area is 170 Å². The summed E-state index contributed by atoms with van der Waals surface area (Å²) in [6, 6.07) is 9.59. The Kier molecular flexibility index (Phi) is 7.55. The number of likely N-dealkylation sites (tertiary alicyclic amines) is 1. The van der Waals surface area contributed by atoms with Gasteiger partial charge in [0.1, 0.15) is 11.6 Å². The number of nitrogens with one attached hydrogen (secondary N) is 1. The zero-order valence-corrected chi connectivity index (χ0v) is 16.4. The van der Waals surface area contributed by atoms with Gasteiger partial charge >= 0.3 is 0 Å². The van der Waals surface area contributed by atoms with Crippen LogP contribution in [0.3, 0.4) is 0 Å². The van der Waals surface area contributed by atoms with E-state index < -0.39 is 5.82 Å². The number of piperidine rings is 1. The van der Waals surface area contributed by atoms with Crippen molar-refractivity contribution < 1.29 is 18.7 Å². The summed E-state index contributed by atoms with van der Waals surface area (Å²) in [5.41, 5.74) is 1.10. The first kappa shape index (κ1) is 20.8. The van der Waals surface area contributed by atoms with Crippen LogP contribution >= 0.6 is 0 Å². The van der Waals surface area contributed by atoms with Gasteiger partial charge in [0.15, 0.2) is 6.61 Å². The Morgan fingerprint density at radius 3 is 2.66 bits per heavy atom. The summed E-state index contributed by atoms with van der Waals surface area (Å²) in [6.07, 6.45) is 6.30. The van der Waals surface area contributed by atoms with E-state index in [-0.39, 0.29) is 18.4 Å². The molecule has 2 heterocycles. The van der Waals surface area contributed by atoms with Crippen molar-refractivity contribution in [2.45, 2.75) is 25.7 Å². The fraction of sp³-hybridized carbons (Fsp3) is 0.409. The Morgan fingerprint density at radius 1 is 1.17 bits per heavy atom. The number of aryl methyl sites for hydroxylation is 1. The molecular formula is C22H26FN3O3. The number of halogens is 1. The van der Waals surface area contributed by atoms with E-state index >= 15 is 0 Å². The Balaban J connectivity index is 1.31. The Bertz CT molecular complexity index is 808. The normalized spacial score (nSPS) is 14.4. The van der Waals surface area contributed by atoms with Crippen LogP contribution in [-0.2, 0) is 16.0 Å². The molecule has 6 nitrogen and oxygen atoms in total. The maximum absolute atomic E-state index is 13.1. The summed E-state index contributed by atoms with van der Waals surface area (Å²) in [4.78, 5) is 30.1. The molecule has 3 rings (SSSR count). The van der Waals surface area contributed by atoms with Gasteiger partial charge in [-0.25, -0.2) is 4.39 Å². The topological polar surface area (TPSA) is 71.5 Å². The number of carbonyl (C=O) groups is 2. The van der Waals surface area contributed by atoms with Crippen LogP contribution in [0, 0.1) is 11.7 Å². The molecule has 0 spiro atoms. The van der Waals surface area contributed by atoms with Gasteiger partial charge in [0.25, 0.3) is 5.91 Å². The van der Waals surface area contributed by atoms with Crippen LogP contribution in [0.4, 0.5) is 4.39 Å². The molecule has 7 heteroatoms. The Morgan fingerprint density at radius 2 is 1.93 bits per heavy atom. The quantitative estimate of drug-likeness (QED) is 0.741. The maximum atomic E-state index is 13.1. The van der Waals surface area contributed by atoms with Crippen LogP contribution in [0.5, 0.6) is 5.75 Å². The number of pyridine rings is 1. The van der Waals surface area contributed by atoms with Gasteiger partial charge in [-0.05, 0) is 55.0 Å². The van der Waals surface area contributed by atoms with E-state index in [1.54, 1.807) is 29.4 Å². The summed E-state index contributed by atoms with van der Waals surface area (Å²) < 4.78 is 18.5. The lowest BCUT2D eigenvalue weighted by atomic mass is 9.96. The van der Waals surface area contributed by atoms with E-state index in [1.807, 2.05) is 12.1 Å². The zero-order valence-electron chi connectivity index (χ0n) is 16.4. The third-order valence-electron chi connectivity index (χ3n) is 5.10. The predicted molar refractivity (Wildman–Crippen MR) is 107 cm³/mol. The minimum Gasteiger partial charge on any atom is -0.484 e. The van der Waals surface area contributed by atoms with Crippen molar-refractivity contribution in [1.29, 1.82) is 0 Å². The second-order valence-electron chi connectivity index (χ2n) is 7.23. The maximum Gasteiger partial charge on any atom is 0.260 e. The van der Waals surface area contributed by atoms with Crippen molar-refractivity contribution in [2.24, 2.45) is 5.92 Å².